The molecule has 7 nitrogen and oxygen atoms in total. The Balaban J connectivity index is 0.00000306. The van der Waals surface area contributed by atoms with Crippen LogP contribution in [0.25, 0.3) is 0 Å². The molecule has 0 aliphatic carbocycles. The Morgan fingerprint density at radius 1 is 1.18 bits per heavy atom. The predicted molar refractivity (Wildman–Crippen MR) is 143 cm³/mol. The molecule has 2 fully saturated rings. The van der Waals surface area contributed by atoms with Crippen molar-refractivity contribution in [1.82, 2.24) is 24.9 Å². The average molecular weight is 570 g/mol. The summed E-state index contributed by atoms with van der Waals surface area (Å²) in [5.74, 6) is 1.22. The number of aromatic nitrogens is 2. The van der Waals surface area contributed by atoms with E-state index in [0.717, 1.165) is 70.3 Å². The van der Waals surface area contributed by atoms with Gasteiger partial charge in [-0.25, -0.2) is 9.38 Å². The van der Waals surface area contributed by atoms with Crippen molar-refractivity contribution in [3.63, 3.8) is 0 Å². The normalized spacial score (nSPS) is 19.6. The highest BCUT2D eigenvalue weighted by molar-refractivity contribution is 14.0. The van der Waals surface area contributed by atoms with E-state index in [9.17, 15) is 4.39 Å². The summed E-state index contributed by atoms with van der Waals surface area (Å²) >= 11 is 0. The smallest absolute Gasteiger partial charge is 0.194 e. The molecule has 9 heteroatoms. The lowest BCUT2D eigenvalue weighted by molar-refractivity contribution is 0.270. The second kappa shape index (κ2) is 12.0. The van der Waals surface area contributed by atoms with Crippen LogP contribution in [0.3, 0.4) is 0 Å². The summed E-state index contributed by atoms with van der Waals surface area (Å²) in [5, 5.41) is 7.72. The van der Waals surface area contributed by atoms with E-state index in [1.54, 1.807) is 6.07 Å². The van der Waals surface area contributed by atoms with Crippen molar-refractivity contribution in [3.05, 3.63) is 47.5 Å². The highest BCUT2D eigenvalue weighted by Crippen LogP contribution is 2.27. The number of nitrogens with one attached hydrogen (secondary N) is 1. The molecule has 1 atom stereocenters. The van der Waals surface area contributed by atoms with Gasteiger partial charge in [0.05, 0.1) is 18.4 Å². The van der Waals surface area contributed by atoms with Gasteiger partial charge in [0.2, 0.25) is 0 Å². The van der Waals surface area contributed by atoms with E-state index in [1.165, 1.54) is 5.56 Å². The van der Waals surface area contributed by atoms with Gasteiger partial charge in [-0.1, -0.05) is 13.0 Å². The number of hydrogen-bond acceptors (Lipinski definition) is 4. The molecule has 0 radical (unpaired) electrons. The van der Waals surface area contributed by atoms with E-state index in [4.69, 9.17) is 4.99 Å². The molecule has 1 aromatic carbocycles. The molecular formula is C24H37FIN7. The lowest BCUT2D eigenvalue weighted by atomic mass is 10.0. The Hall–Kier alpha value is -1.88. The number of aliphatic imine (C=N–C) groups is 1. The number of rotatable bonds is 6. The minimum atomic E-state index is -0.148. The molecule has 0 amide bonds. The minimum absolute atomic E-state index is 0. The third-order valence-corrected chi connectivity index (χ3v) is 6.60. The number of likely N-dealkylation sites (tertiary alicyclic amines) is 1. The molecule has 2 saturated heterocycles. The van der Waals surface area contributed by atoms with Crippen LogP contribution in [0.5, 0.6) is 0 Å². The Morgan fingerprint density at radius 3 is 2.61 bits per heavy atom. The molecule has 0 saturated carbocycles. The van der Waals surface area contributed by atoms with Gasteiger partial charge in [0, 0.05) is 65.0 Å². The minimum Gasteiger partial charge on any atom is -0.367 e. The first kappa shape index (κ1) is 25.7. The predicted octanol–water partition coefficient (Wildman–Crippen LogP) is 3.27. The number of benzene rings is 1. The SMILES string of the molecule is CCNC(=NCc1ccc(N2CCN(CC)CC2)c(F)c1)N1CCC(c2cnn(C)c2)C1.I. The molecule has 1 N–H and O–H groups in total. The molecule has 0 spiro atoms. The summed E-state index contributed by atoms with van der Waals surface area (Å²) < 4.78 is 16.8. The van der Waals surface area contributed by atoms with E-state index in [2.05, 4.69) is 45.2 Å². The standard InChI is InChI=1S/C24H36FN7.HI/c1-4-26-24(32-9-8-20(18-32)21-16-28-29(3)17-21)27-15-19-6-7-23(22(25)14-19)31-12-10-30(5-2)11-13-31;/h6-7,14,16-17,20H,4-5,8-13,15,18H2,1-3H3,(H,26,27);1H. The number of nitrogens with zero attached hydrogens (tertiary/aromatic N) is 6. The summed E-state index contributed by atoms with van der Waals surface area (Å²) in [5.41, 5.74) is 2.89. The first-order valence-corrected chi connectivity index (χ1v) is 11.8. The van der Waals surface area contributed by atoms with Gasteiger partial charge in [-0.15, -0.1) is 24.0 Å². The maximum atomic E-state index is 14.9. The van der Waals surface area contributed by atoms with Crippen LogP contribution >= 0.6 is 24.0 Å². The molecule has 0 bridgehead atoms. The van der Waals surface area contributed by atoms with Gasteiger partial charge in [-0.2, -0.15) is 5.10 Å². The summed E-state index contributed by atoms with van der Waals surface area (Å²) in [6.07, 6.45) is 5.15. The molecule has 182 valence electrons. The van der Waals surface area contributed by atoms with Crippen molar-refractivity contribution in [2.75, 3.05) is 57.3 Å². The maximum Gasteiger partial charge on any atom is 0.194 e. The highest BCUT2D eigenvalue weighted by Gasteiger charge is 2.27. The first-order valence-electron chi connectivity index (χ1n) is 11.8. The zero-order valence-electron chi connectivity index (χ0n) is 20.0. The third kappa shape index (κ3) is 6.38. The number of anilines is 1. The number of likely N-dealkylation sites (N-methyl/N-ethyl adjacent to an activating group) is 1. The average Bonchev–Trinajstić information content (AvgIpc) is 3.46. The number of halogens is 2. The molecule has 1 unspecified atom stereocenters. The van der Waals surface area contributed by atoms with Crippen molar-refractivity contribution in [1.29, 1.82) is 0 Å². The fourth-order valence-corrected chi connectivity index (χ4v) is 4.68. The number of hydrogen-bond donors (Lipinski definition) is 1. The molecule has 2 aromatic rings. The van der Waals surface area contributed by atoms with Gasteiger partial charge < -0.3 is 20.0 Å². The Kier molecular flexibility index (Phi) is 9.37. The van der Waals surface area contributed by atoms with Crippen LogP contribution in [0.15, 0.2) is 35.6 Å². The van der Waals surface area contributed by atoms with E-state index in [1.807, 2.05) is 30.1 Å². The molecule has 33 heavy (non-hydrogen) atoms. The molecule has 4 rings (SSSR count). The fourth-order valence-electron chi connectivity index (χ4n) is 4.68. The zero-order chi connectivity index (χ0) is 22.5. The Bertz CT molecular complexity index is 923. The monoisotopic (exact) mass is 569 g/mol. The topological polar surface area (TPSA) is 51.9 Å². The van der Waals surface area contributed by atoms with Gasteiger partial charge in [0.25, 0.3) is 0 Å². The van der Waals surface area contributed by atoms with Crippen LogP contribution in [-0.4, -0.2) is 77.9 Å². The van der Waals surface area contributed by atoms with Gasteiger partial charge in [0.1, 0.15) is 5.82 Å². The summed E-state index contributed by atoms with van der Waals surface area (Å²) in [4.78, 5) is 11.7. The van der Waals surface area contributed by atoms with Crippen LogP contribution in [0.4, 0.5) is 10.1 Å². The van der Waals surface area contributed by atoms with Gasteiger partial charge in [0.15, 0.2) is 5.96 Å². The van der Waals surface area contributed by atoms with Crippen LogP contribution in [0.2, 0.25) is 0 Å². The number of aryl methyl sites for hydroxylation is 1. The second-order valence-corrected chi connectivity index (χ2v) is 8.76. The van der Waals surface area contributed by atoms with Crippen LogP contribution < -0.4 is 10.2 Å². The largest absolute Gasteiger partial charge is 0.367 e. The summed E-state index contributed by atoms with van der Waals surface area (Å²) in [6, 6.07) is 5.58. The number of guanidine groups is 1. The molecule has 3 heterocycles. The molecule has 1 aromatic heterocycles. The molecular weight excluding hydrogens is 532 g/mol. The first-order chi connectivity index (χ1) is 15.6. The summed E-state index contributed by atoms with van der Waals surface area (Å²) in [6.45, 7) is 12.2. The van der Waals surface area contributed by atoms with Gasteiger partial charge >= 0.3 is 0 Å². The Labute approximate surface area is 214 Å². The van der Waals surface area contributed by atoms with Crippen molar-refractivity contribution in [3.8, 4) is 0 Å². The lowest BCUT2D eigenvalue weighted by Gasteiger charge is -2.35. The van der Waals surface area contributed by atoms with Gasteiger partial charge in [-0.3, -0.25) is 4.68 Å². The van der Waals surface area contributed by atoms with E-state index in [-0.39, 0.29) is 29.8 Å². The Morgan fingerprint density at radius 2 is 1.97 bits per heavy atom. The van der Waals surface area contributed by atoms with Crippen LogP contribution in [0.1, 0.15) is 37.3 Å². The van der Waals surface area contributed by atoms with Crippen molar-refractivity contribution in [2.45, 2.75) is 32.7 Å². The van der Waals surface area contributed by atoms with E-state index < -0.39 is 0 Å². The third-order valence-electron chi connectivity index (χ3n) is 6.60. The van der Waals surface area contributed by atoms with Crippen LogP contribution in [0, 0.1) is 5.82 Å². The summed E-state index contributed by atoms with van der Waals surface area (Å²) in [7, 11) is 1.96. The molecule has 2 aliphatic rings. The maximum absolute atomic E-state index is 14.9. The van der Waals surface area contributed by atoms with E-state index >= 15 is 0 Å². The highest BCUT2D eigenvalue weighted by atomic mass is 127. The molecule has 2 aliphatic heterocycles. The van der Waals surface area contributed by atoms with Crippen LogP contribution in [-0.2, 0) is 13.6 Å². The zero-order valence-corrected chi connectivity index (χ0v) is 22.3. The van der Waals surface area contributed by atoms with Crippen molar-refractivity contribution in [2.24, 2.45) is 12.0 Å². The number of piperazine rings is 1. The quantitative estimate of drug-likeness (QED) is 0.329. The van der Waals surface area contributed by atoms with Crippen molar-refractivity contribution >= 4 is 35.6 Å². The lowest BCUT2D eigenvalue weighted by Crippen LogP contribution is -2.46. The second-order valence-electron chi connectivity index (χ2n) is 8.76. The fraction of sp³-hybridized carbons (Fsp3) is 0.583. The van der Waals surface area contributed by atoms with Crippen molar-refractivity contribution < 1.29 is 4.39 Å². The van der Waals surface area contributed by atoms with E-state index in [0.29, 0.717) is 18.2 Å². The van der Waals surface area contributed by atoms with Gasteiger partial charge in [-0.05, 0) is 43.1 Å².